The molecule has 0 aliphatic heterocycles. The molecule has 0 saturated carbocycles. The normalized spacial score (nSPS) is 13.1. The zero-order valence-electron chi connectivity index (χ0n) is 14.1. The van der Waals surface area contributed by atoms with E-state index in [1.807, 2.05) is 18.2 Å². The van der Waals surface area contributed by atoms with Crippen molar-refractivity contribution >= 4 is 39.8 Å². The van der Waals surface area contributed by atoms with Gasteiger partial charge in [-0.15, -0.1) is 24.0 Å². The minimum atomic E-state index is -2.94. The molecular weight excluding hydrogens is 425 g/mol. The van der Waals surface area contributed by atoms with Crippen molar-refractivity contribution in [3.05, 3.63) is 35.9 Å². The van der Waals surface area contributed by atoms with Gasteiger partial charge in [-0.1, -0.05) is 37.3 Å². The van der Waals surface area contributed by atoms with E-state index >= 15 is 0 Å². The summed E-state index contributed by atoms with van der Waals surface area (Å²) in [7, 11) is -1.26. The van der Waals surface area contributed by atoms with Gasteiger partial charge < -0.3 is 10.6 Å². The highest BCUT2D eigenvalue weighted by Crippen LogP contribution is 2.04. The Bertz CT molecular complexity index is 562. The molecule has 0 heterocycles. The number of aryl methyl sites for hydroxylation is 1. The smallest absolute Gasteiger partial charge is 0.191 e. The summed E-state index contributed by atoms with van der Waals surface area (Å²) in [6.07, 6.45) is 1.98. The summed E-state index contributed by atoms with van der Waals surface area (Å²) >= 11 is 0. The molecule has 1 aromatic rings. The van der Waals surface area contributed by atoms with Gasteiger partial charge in [0.05, 0.1) is 5.75 Å². The maximum Gasteiger partial charge on any atom is 0.191 e. The Morgan fingerprint density at radius 1 is 1.26 bits per heavy atom. The molecule has 0 radical (unpaired) electrons. The molecule has 7 heteroatoms. The number of guanidine groups is 1. The molecule has 2 N–H and O–H groups in total. The molecule has 0 aliphatic rings. The molecule has 1 rings (SSSR count). The van der Waals surface area contributed by atoms with E-state index in [9.17, 15) is 8.42 Å². The van der Waals surface area contributed by atoms with E-state index in [-0.39, 0.29) is 41.5 Å². The molecule has 132 valence electrons. The zero-order chi connectivity index (χ0) is 16.4. The van der Waals surface area contributed by atoms with Crippen LogP contribution in [0.15, 0.2) is 35.3 Å². The second-order valence-electron chi connectivity index (χ2n) is 5.31. The molecule has 23 heavy (non-hydrogen) atoms. The minimum Gasteiger partial charge on any atom is -0.355 e. The lowest BCUT2D eigenvalue weighted by molar-refractivity contribution is 0.589. The van der Waals surface area contributed by atoms with Gasteiger partial charge >= 0.3 is 0 Å². The van der Waals surface area contributed by atoms with Crippen molar-refractivity contribution in [2.24, 2.45) is 4.99 Å². The van der Waals surface area contributed by atoms with Gasteiger partial charge in [0.15, 0.2) is 15.8 Å². The molecule has 0 fully saturated rings. The first-order valence-electron chi connectivity index (χ1n) is 7.68. The Kier molecular flexibility index (Phi) is 11.2. The predicted octanol–water partition coefficient (Wildman–Crippen LogP) is 2.23. The Morgan fingerprint density at radius 2 is 1.91 bits per heavy atom. The topological polar surface area (TPSA) is 70.6 Å². The van der Waals surface area contributed by atoms with Crippen LogP contribution in [0.1, 0.15) is 25.8 Å². The number of hydrogen-bond acceptors (Lipinski definition) is 3. The number of rotatable bonds is 8. The van der Waals surface area contributed by atoms with Crippen LogP contribution in [0.5, 0.6) is 0 Å². The van der Waals surface area contributed by atoms with Gasteiger partial charge in [0.1, 0.15) is 0 Å². The maximum absolute atomic E-state index is 11.5. The average Bonchev–Trinajstić information content (AvgIpc) is 2.53. The van der Waals surface area contributed by atoms with E-state index in [4.69, 9.17) is 0 Å². The molecule has 0 saturated heterocycles. The Hall–Kier alpha value is -0.830. The van der Waals surface area contributed by atoms with E-state index < -0.39 is 9.84 Å². The van der Waals surface area contributed by atoms with E-state index in [2.05, 4.69) is 34.7 Å². The van der Waals surface area contributed by atoms with Gasteiger partial charge in [-0.2, -0.15) is 0 Å². The number of nitrogens with one attached hydrogen (secondary N) is 2. The standard InChI is InChI=1S/C16H27N3O2S.HI/c1-4-22(20,21)13-12-18-16(17-3)19-14(2)10-11-15-8-6-5-7-9-15;/h5-9,14H,4,10-13H2,1-3H3,(H2,17,18,19);1H. The molecule has 0 aromatic heterocycles. The molecule has 0 aliphatic carbocycles. The van der Waals surface area contributed by atoms with E-state index in [1.165, 1.54) is 5.56 Å². The predicted molar refractivity (Wildman–Crippen MR) is 108 cm³/mol. The molecule has 1 unspecified atom stereocenters. The summed E-state index contributed by atoms with van der Waals surface area (Å²) in [5, 5.41) is 6.33. The van der Waals surface area contributed by atoms with Crippen molar-refractivity contribution in [3.8, 4) is 0 Å². The van der Waals surface area contributed by atoms with Gasteiger partial charge in [-0.25, -0.2) is 8.42 Å². The lowest BCUT2D eigenvalue weighted by atomic mass is 10.1. The molecule has 1 atom stereocenters. The molecule has 0 spiro atoms. The summed E-state index contributed by atoms with van der Waals surface area (Å²) in [6.45, 7) is 4.13. The van der Waals surface area contributed by atoms with Gasteiger partial charge in [0.2, 0.25) is 0 Å². The highest BCUT2D eigenvalue weighted by Gasteiger charge is 2.09. The fourth-order valence-electron chi connectivity index (χ4n) is 2.00. The summed E-state index contributed by atoms with van der Waals surface area (Å²) in [6, 6.07) is 10.6. The van der Waals surface area contributed by atoms with Crippen LogP contribution < -0.4 is 10.6 Å². The second-order valence-corrected chi connectivity index (χ2v) is 7.78. The number of aliphatic imine (C=N–C) groups is 1. The van der Waals surface area contributed by atoms with Crippen molar-refractivity contribution in [1.82, 2.24) is 10.6 Å². The van der Waals surface area contributed by atoms with Crippen molar-refractivity contribution < 1.29 is 8.42 Å². The monoisotopic (exact) mass is 453 g/mol. The number of halogens is 1. The van der Waals surface area contributed by atoms with E-state index in [0.717, 1.165) is 12.8 Å². The third-order valence-electron chi connectivity index (χ3n) is 3.46. The highest BCUT2D eigenvalue weighted by molar-refractivity contribution is 14.0. The molecular formula is C16H28IN3O2S. The van der Waals surface area contributed by atoms with Crippen LogP contribution in [0.25, 0.3) is 0 Å². The van der Waals surface area contributed by atoms with Gasteiger partial charge in [-0.05, 0) is 25.3 Å². The van der Waals surface area contributed by atoms with Crippen molar-refractivity contribution in [2.45, 2.75) is 32.7 Å². The molecule has 1 aromatic carbocycles. The maximum atomic E-state index is 11.5. The van der Waals surface area contributed by atoms with E-state index in [1.54, 1.807) is 14.0 Å². The quantitative estimate of drug-likeness (QED) is 0.360. The Morgan fingerprint density at radius 3 is 2.48 bits per heavy atom. The molecule has 0 amide bonds. The fraction of sp³-hybridized carbons (Fsp3) is 0.562. The SMILES string of the molecule is CCS(=O)(=O)CCNC(=NC)NC(C)CCc1ccccc1.I. The van der Waals surface area contributed by atoms with Crippen LogP contribution >= 0.6 is 24.0 Å². The van der Waals surface area contributed by atoms with Crippen LogP contribution in [0, 0.1) is 0 Å². The van der Waals surface area contributed by atoms with E-state index in [0.29, 0.717) is 12.5 Å². The van der Waals surface area contributed by atoms with Crippen LogP contribution in [0.4, 0.5) is 0 Å². The van der Waals surface area contributed by atoms with Crippen molar-refractivity contribution in [1.29, 1.82) is 0 Å². The number of sulfone groups is 1. The van der Waals surface area contributed by atoms with Gasteiger partial charge in [-0.3, -0.25) is 4.99 Å². The summed E-state index contributed by atoms with van der Waals surface area (Å²) in [5.74, 6) is 0.948. The third-order valence-corrected chi connectivity index (χ3v) is 5.17. The summed E-state index contributed by atoms with van der Waals surface area (Å²) in [5.41, 5.74) is 1.31. The highest BCUT2D eigenvalue weighted by atomic mass is 127. The van der Waals surface area contributed by atoms with Gasteiger partial charge in [0.25, 0.3) is 0 Å². The second kappa shape index (κ2) is 11.7. The number of benzene rings is 1. The summed E-state index contributed by atoms with van der Waals surface area (Å²) < 4.78 is 22.9. The summed E-state index contributed by atoms with van der Waals surface area (Å²) in [4.78, 5) is 4.13. The third kappa shape index (κ3) is 9.80. The lowest BCUT2D eigenvalue weighted by Crippen LogP contribution is -2.43. The van der Waals surface area contributed by atoms with Crippen LogP contribution in [-0.4, -0.2) is 45.5 Å². The first-order valence-corrected chi connectivity index (χ1v) is 9.50. The molecule has 5 nitrogen and oxygen atoms in total. The van der Waals surface area contributed by atoms with Crippen molar-refractivity contribution in [2.75, 3.05) is 25.1 Å². The van der Waals surface area contributed by atoms with Crippen LogP contribution in [-0.2, 0) is 16.3 Å². The Labute approximate surface area is 157 Å². The average molecular weight is 453 g/mol. The lowest BCUT2D eigenvalue weighted by Gasteiger charge is -2.18. The number of hydrogen-bond donors (Lipinski definition) is 2. The number of nitrogens with zero attached hydrogens (tertiary/aromatic N) is 1. The minimum absolute atomic E-state index is 0. The first kappa shape index (κ1) is 22.2. The zero-order valence-corrected chi connectivity index (χ0v) is 17.2. The van der Waals surface area contributed by atoms with Crippen molar-refractivity contribution in [3.63, 3.8) is 0 Å². The Balaban J connectivity index is 0.00000484. The van der Waals surface area contributed by atoms with Crippen LogP contribution in [0.2, 0.25) is 0 Å². The van der Waals surface area contributed by atoms with Gasteiger partial charge in [0, 0.05) is 25.4 Å². The fourth-order valence-corrected chi connectivity index (χ4v) is 2.70. The van der Waals surface area contributed by atoms with Crippen LogP contribution in [0.3, 0.4) is 0 Å². The molecule has 0 bridgehead atoms. The largest absolute Gasteiger partial charge is 0.355 e. The first-order chi connectivity index (χ1) is 10.5.